The standard InChI is InChI=1S/C12H12F6O5S2/c1-6-3-8(4-7(2)10(6)19)5-9(24(20,21)11(13,14)15)25(22,23)12(16,17)18/h3-4,9,19H,5H2,1-2H3. The first-order chi connectivity index (χ1) is 10.9. The lowest BCUT2D eigenvalue weighted by Gasteiger charge is -2.21. The lowest BCUT2D eigenvalue weighted by molar-refractivity contribution is -0.0471. The normalized spacial score (nSPS) is 14.1. The maximum atomic E-state index is 12.7. The average Bonchev–Trinajstić information content (AvgIpc) is 2.39. The Kier molecular flexibility index (Phi) is 5.46. The zero-order chi connectivity index (χ0) is 20.0. The monoisotopic (exact) mass is 414 g/mol. The van der Waals surface area contributed by atoms with E-state index in [1.807, 2.05) is 0 Å². The van der Waals surface area contributed by atoms with Gasteiger partial charge >= 0.3 is 11.0 Å². The molecule has 13 heteroatoms. The van der Waals surface area contributed by atoms with Crippen LogP contribution in [0.25, 0.3) is 0 Å². The summed E-state index contributed by atoms with van der Waals surface area (Å²) >= 11 is 0. The van der Waals surface area contributed by atoms with E-state index in [4.69, 9.17) is 0 Å². The summed E-state index contributed by atoms with van der Waals surface area (Å²) < 4.78 is 118. The van der Waals surface area contributed by atoms with Crippen molar-refractivity contribution in [3.63, 3.8) is 0 Å². The Morgan fingerprint density at radius 3 is 1.48 bits per heavy atom. The first kappa shape index (κ1) is 21.5. The first-order valence-corrected chi connectivity index (χ1v) is 9.41. The fourth-order valence-electron chi connectivity index (χ4n) is 2.04. The molecule has 0 atom stereocenters. The van der Waals surface area contributed by atoms with Crippen LogP contribution in [0.1, 0.15) is 16.7 Å². The number of hydrogen-bond donors (Lipinski definition) is 1. The van der Waals surface area contributed by atoms with Crippen molar-refractivity contribution in [1.29, 1.82) is 0 Å². The van der Waals surface area contributed by atoms with Crippen molar-refractivity contribution >= 4 is 19.7 Å². The first-order valence-electron chi connectivity index (χ1n) is 6.32. The average molecular weight is 414 g/mol. The van der Waals surface area contributed by atoms with Crippen molar-refractivity contribution in [2.75, 3.05) is 0 Å². The van der Waals surface area contributed by atoms with E-state index in [1.165, 1.54) is 13.8 Å². The molecule has 1 N–H and O–H groups in total. The van der Waals surface area contributed by atoms with E-state index in [0.717, 1.165) is 12.1 Å². The minimum Gasteiger partial charge on any atom is -0.507 e. The number of rotatable bonds is 4. The molecule has 1 rings (SSSR count). The number of sulfone groups is 2. The highest BCUT2D eigenvalue weighted by atomic mass is 32.3. The highest BCUT2D eigenvalue weighted by Gasteiger charge is 2.62. The van der Waals surface area contributed by atoms with Gasteiger partial charge in [-0.05, 0) is 30.5 Å². The number of aryl methyl sites for hydroxylation is 2. The molecule has 0 fully saturated rings. The van der Waals surface area contributed by atoms with Gasteiger partial charge in [0, 0.05) is 6.42 Å². The Bertz CT molecular complexity index is 801. The molecular weight excluding hydrogens is 402 g/mol. The minimum atomic E-state index is -6.68. The molecule has 0 aliphatic heterocycles. The summed E-state index contributed by atoms with van der Waals surface area (Å²) in [6, 6.07) is 1.82. The van der Waals surface area contributed by atoms with Gasteiger partial charge in [-0.25, -0.2) is 16.8 Å². The molecule has 144 valence electrons. The zero-order valence-electron chi connectivity index (χ0n) is 12.6. The molecule has 0 aromatic heterocycles. The Hall–Kier alpha value is -1.50. The van der Waals surface area contributed by atoms with Gasteiger partial charge in [0.25, 0.3) is 19.7 Å². The Balaban J connectivity index is 3.61. The highest BCUT2D eigenvalue weighted by molar-refractivity contribution is 8.09. The molecule has 1 aromatic rings. The third kappa shape index (κ3) is 4.02. The number of alkyl halides is 6. The third-order valence-electron chi connectivity index (χ3n) is 3.29. The molecule has 1 aromatic carbocycles. The van der Waals surface area contributed by atoms with Crippen LogP contribution in [0.15, 0.2) is 12.1 Å². The molecule has 5 nitrogen and oxygen atoms in total. The fourth-order valence-corrected chi connectivity index (χ4v) is 5.45. The van der Waals surface area contributed by atoms with Crippen molar-refractivity contribution in [3.05, 3.63) is 28.8 Å². The molecular formula is C12H12F6O5S2. The van der Waals surface area contributed by atoms with E-state index in [2.05, 4.69) is 0 Å². The summed E-state index contributed by atoms with van der Waals surface area (Å²) in [7, 11) is -13.4. The third-order valence-corrected chi connectivity index (χ3v) is 7.82. The molecule has 0 bridgehead atoms. The van der Waals surface area contributed by atoms with E-state index in [0.29, 0.717) is 0 Å². The molecule has 0 saturated carbocycles. The SMILES string of the molecule is Cc1cc(CC(S(=O)(=O)C(F)(F)F)S(=O)(=O)C(F)(F)F)cc(C)c1O. The van der Waals surface area contributed by atoms with Crippen LogP contribution in [0.2, 0.25) is 0 Å². The number of phenols is 1. The number of phenolic OH excluding ortho intramolecular Hbond substituents is 1. The molecule has 25 heavy (non-hydrogen) atoms. The van der Waals surface area contributed by atoms with E-state index in [-0.39, 0.29) is 16.9 Å². The lowest BCUT2D eigenvalue weighted by atomic mass is 10.0. The summed E-state index contributed by atoms with van der Waals surface area (Å²) in [6.07, 6.45) is -1.58. The number of hydrogen-bond acceptors (Lipinski definition) is 5. The van der Waals surface area contributed by atoms with Crippen molar-refractivity contribution in [3.8, 4) is 5.75 Å². The van der Waals surface area contributed by atoms with Crippen LogP contribution in [-0.2, 0) is 26.1 Å². The van der Waals surface area contributed by atoms with Crippen LogP contribution >= 0.6 is 0 Å². The van der Waals surface area contributed by atoms with Crippen molar-refractivity contribution in [2.24, 2.45) is 0 Å². The number of halogens is 6. The summed E-state index contributed by atoms with van der Waals surface area (Å²) in [5.41, 5.74) is -12.8. The Morgan fingerprint density at radius 1 is 0.880 bits per heavy atom. The van der Waals surface area contributed by atoms with Crippen LogP contribution in [0, 0.1) is 13.8 Å². The lowest BCUT2D eigenvalue weighted by Crippen LogP contribution is -2.46. The Labute approximate surface area is 139 Å². The van der Waals surface area contributed by atoms with Gasteiger partial charge < -0.3 is 5.11 Å². The molecule has 0 saturated heterocycles. The molecule has 0 heterocycles. The fraction of sp³-hybridized carbons (Fsp3) is 0.500. The van der Waals surface area contributed by atoms with Gasteiger partial charge in [0.1, 0.15) is 5.75 Å². The van der Waals surface area contributed by atoms with Crippen molar-refractivity contribution in [2.45, 2.75) is 35.9 Å². The summed E-state index contributed by atoms with van der Waals surface area (Å²) in [5.74, 6) is -0.308. The predicted molar refractivity (Wildman–Crippen MR) is 75.0 cm³/mol. The molecule has 0 radical (unpaired) electrons. The second-order valence-electron chi connectivity index (χ2n) is 5.19. The van der Waals surface area contributed by atoms with Gasteiger partial charge in [-0.2, -0.15) is 26.3 Å². The van der Waals surface area contributed by atoms with Gasteiger partial charge in [-0.15, -0.1) is 0 Å². The number of aromatic hydroxyl groups is 1. The van der Waals surface area contributed by atoms with Crippen LogP contribution in [0.4, 0.5) is 26.3 Å². The van der Waals surface area contributed by atoms with Crippen molar-refractivity contribution in [1.82, 2.24) is 0 Å². The molecule has 0 aliphatic rings. The van der Waals surface area contributed by atoms with Crippen molar-refractivity contribution < 1.29 is 48.3 Å². The molecule has 0 aliphatic carbocycles. The largest absolute Gasteiger partial charge is 0.507 e. The second-order valence-corrected chi connectivity index (χ2v) is 9.74. The Morgan fingerprint density at radius 2 is 1.20 bits per heavy atom. The maximum absolute atomic E-state index is 12.7. The highest BCUT2D eigenvalue weighted by Crippen LogP contribution is 2.38. The van der Waals surface area contributed by atoms with Gasteiger partial charge in [-0.3, -0.25) is 0 Å². The summed E-state index contributed by atoms with van der Waals surface area (Å²) in [6.45, 7) is 2.52. The molecule has 0 spiro atoms. The smallest absolute Gasteiger partial charge is 0.498 e. The summed E-state index contributed by atoms with van der Waals surface area (Å²) in [4.78, 5) is 0. The quantitative estimate of drug-likeness (QED) is 0.766. The van der Waals surface area contributed by atoms with Gasteiger partial charge in [-0.1, -0.05) is 12.1 Å². The maximum Gasteiger partial charge on any atom is 0.498 e. The van der Waals surface area contributed by atoms with Gasteiger partial charge in [0.2, 0.25) is 0 Å². The zero-order valence-corrected chi connectivity index (χ0v) is 14.2. The van der Waals surface area contributed by atoms with E-state index >= 15 is 0 Å². The van der Waals surface area contributed by atoms with Crippen LogP contribution in [-0.4, -0.2) is 37.5 Å². The molecule has 0 unspecified atom stereocenters. The van der Waals surface area contributed by atoms with E-state index in [1.54, 1.807) is 0 Å². The topological polar surface area (TPSA) is 88.5 Å². The van der Waals surface area contributed by atoms with E-state index < -0.39 is 47.3 Å². The van der Waals surface area contributed by atoms with Crippen LogP contribution in [0.5, 0.6) is 5.75 Å². The van der Waals surface area contributed by atoms with Gasteiger partial charge in [0.05, 0.1) is 0 Å². The minimum absolute atomic E-state index is 0.0302. The predicted octanol–water partition coefficient (Wildman–Crippen LogP) is 2.75. The second kappa shape index (κ2) is 6.34. The molecule has 0 amide bonds. The summed E-state index contributed by atoms with van der Waals surface area (Å²) in [5, 5.41) is 9.55. The van der Waals surface area contributed by atoms with Crippen LogP contribution in [0.3, 0.4) is 0 Å². The van der Waals surface area contributed by atoms with E-state index in [9.17, 15) is 48.3 Å². The van der Waals surface area contributed by atoms with Crippen LogP contribution < -0.4 is 0 Å². The van der Waals surface area contributed by atoms with Gasteiger partial charge in [0.15, 0.2) is 4.58 Å². The number of benzene rings is 1.